The maximum absolute atomic E-state index is 12.5. The molecule has 4 nitrogen and oxygen atoms in total. The number of hydrogen-bond donors (Lipinski definition) is 1. The Morgan fingerprint density at radius 2 is 1.35 bits per heavy atom. The van der Waals surface area contributed by atoms with Crippen molar-refractivity contribution in [2.45, 2.75) is 66.2 Å². The highest BCUT2D eigenvalue weighted by Crippen LogP contribution is 2.22. The zero-order chi connectivity index (χ0) is 27.0. The lowest BCUT2D eigenvalue weighted by atomic mass is 9.93. The molecule has 0 bridgehead atoms. The minimum absolute atomic E-state index is 0.124. The van der Waals surface area contributed by atoms with E-state index in [2.05, 4.69) is 39.8 Å². The molecule has 0 radical (unpaired) electrons. The van der Waals surface area contributed by atoms with E-state index in [9.17, 15) is 9.59 Å². The van der Waals surface area contributed by atoms with E-state index in [1.54, 1.807) is 24.3 Å². The Hall–Kier alpha value is -3.40. The first-order valence-corrected chi connectivity index (χ1v) is 13.5. The number of hydrogen-bond acceptors (Lipinski definition) is 3. The number of carbonyl (C=O) groups is 2. The molecule has 0 amide bonds. The molecule has 0 saturated heterocycles. The van der Waals surface area contributed by atoms with Crippen molar-refractivity contribution < 1.29 is 19.4 Å². The number of ketones is 1. The van der Waals surface area contributed by atoms with Gasteiger partial charge in [0.2, 0.25) is 0 Å². The first-order chi connectivity index (χ1) is 17.8. The molecule has 3 aromatic carbocycles. The number of carbonyl (C=O) groups excluding carboxylic acids is 1. The normalized spacial score (nSPS) is 12.1. The number of ether oxygens (including phenoxy) is 1. The van der Waals surface area contributed by atoms with Crippen molar-refractivity contribution in [1.82, 2.24) is 0 Å². The Kier molecular flexibility index (Phi) is 13.2. The van der Waals surface area contributed by atoms with Gasteiger partial charge in [-0.1, -0.05) is 114 Å². The van der Waals surface area contributed by atoms with Gasteiger partial charge in [0.25, 0.3) is 0 Å². The average Bonchev–Trinajstić information content (AvgIpc) is 2.94. The predicted molar refractivity (Wildman–Crippen MR) is 152 cm³/mol. The van der Waals surface area contributed by atoms with Crippen molar-refractivity contribution in [2.75, 3.05) is 6.61 Å². The van der Waals surface area contributed by atoms with Crippen molar-refractivity contribution in [3.63, 3.8) is 0 Å². The van der Waals surface area contributed by atoms with Gasteiger partial charge in [-0.25, -0.2) is 4.79 Å². The van der Waals surface area contributed by atoms with Gasteiger partial charge in [-0.05, 0) is 47.7 Å². The van der Waals surface area contributed by atoms with Crippen LogP contribution in [0.2, 0.25) is 0 Å². The molecule has 0 aliphatic carbocycles. The van der Waals surface area contributed by atoms with Gasteiger partial charge in [0.15, 0.2) is 5.78 Å². The third kappa shape index (κ3) is 10.6. The van der Waals surface area contributed by atoms with Gasteiger partial charge in [-0.2, -0.15) is 0 Å². The van der Waals surface area contributed by atoms with E-state index in [0.717, 1.165) is 36.1 Å². The number of Topliss-reactive ketones (excluding diaryl/α,β-unsaturated/α-hetero) is 1. The van der Waals surface area contributed by atoms with Gasteiger partial charge in [0, 0.05) is 11.5 Å². The zero-order valence-electron chi connectivity index (χ0n) is 22.8. The summed E-state index contributed by atoms with van der Waals surface area (Å²) < 4.78 is 5.50. The van der Waals surface area contributed by atoms with Crippen LogP contribution in [0.25, 0.3) is 11.1 Å². The topological polar surface area (TPSA) is 63.6 Å². The van der Waals surface area contributed by atoms with E-state index < -0.39 is 5.97 Å². The van der Waals surface area contributed by atoms with Crippen LogP contribution >= 0.6 is 0 Å². The molecule has 4 heteroatoms. The molecule has 198 valence electrons. The van der Waals surface area contributed by atoms with Crippen molar-refractivity contribution in [1.29, 1.82) is 0 Å². The van der Waals surface area contributed by atoms with Crippen LogP contribution in [0.1, 0.15) is 86.9 Å². The van der Waals surface area contributed by atoms with Crippen molar-refractivity contribution in [2.24, 2.45) is 11.8 Å². The second kappa shape index (κ2) is 16.4. The molecule has 0 heterocycles. The van der Waals surface area contributed by atoms with Gasteiger partial charge in [0.05, 0.1) is 12.2 Å². The van der Waals surface area contributed by atoms with E-state index in [0.29, 0.717) is 12.5 Å². The number of unbranched alkanes of at least 4 members (excludes halogenated alkanes) is 3. The summed E-state index contributed by atoms with van der Waals surface area (Å²) in [5.41, 5.74) is 3.47. The highest BCUT2D eigenvalue weighted by atomic mass is 16.5. The molecule has 2 atom stereocenters. The SMILES string of the molecule is CCC(C)COc1ccc(C(=O)O)cc1.CCCCCCC(C)C(=O)c1ccc(-c2ccccc2)cc1. The minimum Gasteiger partial charge on any atom is -0.493 e. The third-order valence-electron chi connectivity index (χ3n) is 6.55. The Balaban J connectivity index is 0.000000281. The lowest BCUT2D eigenvalue weighted by molar-refractivity contribution is 0.0696. The summed E-state index contributed by atoms with van der Waals surface area (Å²) in [6.45, 7) is 9.17. The fourth-order valence-electron chi connectivity index (χ4n) is 3.80. The summed E-state index contributed by atoms with van der Waals surface area (Å²) in [6, 6.07) is 24.8. The molecule has 3 rings (SSSR count). The van der Waals surface area contributed by atoms with E-state index in [4.69, 9.17) is 9.84 Å². The molecule has 0 aliphatic rings. The highest BCUT2D eigenvalue weighted by Gasteiger charge is 2.14. The molecule has 0 aromatic heterocycles. The van der Waals surface area contributed by atoms with Gasteiger partial charge < -0.3 is 9.84 Å². The lowest BCUT2D eigenvalue weighted by Crippen LogP contribution is -2.11. The fourth-order valence-corrected chi connectivity index (χ4v) is 3.80. The van der Waals surface area contributed by atoms with E-state index in [1.165, 1.54) is 24.8 Å². The Morgan fingerprint density at radius 3 is 1.92 bits per heavy atom. The Bertz CT molecular complexity index is 1060. The Morgan fingerprint density at radius 1 is 0.757 bits per heavy atom. The number of carboxylic acids is 1. The summed E-state index contributed by atoms with van der Waals surface area (Å²) >= 11 is 0. The number of benzene rings is 3. The predicted octanol–water partition coefficient (Wildman–Crippen LogP) is 8.95. The van der Waals surface area contributed by atoms with Crippen LogP contribution in [0.3, 0.4) is 0 Å². The summed E-state index contributed by atoms with van der Waals surface area (Å²) in [7, 11) is 0. The second-order valence-corrected chi connectivity index (χ2v) is 9.71. The van der Waals surface area contributed by atoms with E-state index >= 15 is 0 Å². The van der Waals surface area contributed by atoms with Crippen LogP contribution in [-0.4, -0.2) is 23.5 Å². The van der Waals surface area contributed by atoms with E-state index in [1.807, 2.05) is 42.5 Å². The molecule has 0 aliphatic heterocycles. The van der Waals surface area contributed by atoms with Crippen molar-refractivity contribution in [3.8, 4) is 16.9 Å². The first-order valence-electron chi connectivity index (χ1n) is 13.5. The smallest absolute Gasteiger partial charge is 0.335 e. The number of rotatable bonds is 13. The monoisotopic (exact) mass is 502 g/mol. The van der Waals surface area contributed by atoms with E-state index in [-0.39, 0.29) is 17.3 Å². The third-order valence-corrected chi connectivity index (χ3v) is 6.55. The standard InChI is InChI=1S/C21H26O.C12H16O3/c1-3-4-5-7-10-17(2)21(22)20-15-13-19(14-16-20)18-11-8-6-9-12-18;1-3-9(2)8-15-11-6-4-10(5-7-11)12(13)14/h6,8-9,11-17H,3-5,7,10H2,1-2H3;4-7,9H,3,8H2,1-2H3,(H,13,14). The quantitative estimate of drug-likeness (QED) is 0.187. The molecule has 0 fully saturated rings. The molecular formula is C33H42O4. The Labute approximate surface area is 222 Å². The average molecular weight is 503 g/mol. The molecule has 1 N–H and O–H groups in total. The van der Waals surface area contributed by atoms with Crippen LogP contribution in [0.4, 0.5) is 0 Å². The van der Waals surface area contributed by atoms with Gasteiger partial charge >= 0.3 is 5.97 Å². The summed E-state index contributed by atoms with van der Waals surface area (Å²) in [5.74, 6) is 0.725. The summed E-state index contributed by atoms with van der Waals surface area (Å²) in [4.78, 5) is 23.0. The van der Waals surface area contributed by atoms with Crippen LogP contribution in [0, 0.1) is 11.8 Å². The zero-order valence-corrected chi connectivity index (χ0v) is 22.8. The largest absolute Gasteiger partial charge is 0.493 e. The number of carboxylic acid groups (broad SMARTS) is 1. The molecular weight excluding hydrogens is 460 g/mol. The van der Waals surface area contributed by atoms with Gasteiger partial charge in [-0.15, -0.1) is 0 Å². The van der Waals surface area contributed by atoms with Crippen LogP contribution in [0.5, 0.6) is 5.75 Å². The number of aromatic carboxylic acids is 1. The van der Waals surface area contributed by atoms with Crippen LogP contribution < -0.4 is 4.74 Å². The van der Waals surface area contributed by atoms with Gasteiger partial charge in [0.1, 0.15) is 5.75 Å². The van der Waals surface area contributed by atoms with Crippen molar-refractivity contribution in [3.05, 3.63) is 90.0 Å². The van der Waals surface area contributed by atoms with Crippen LogP contribution in [-0.2, 0) is 0 Å². The van der Waals surface area contributed by atoms with Crippen LogP contribution in [0.15, 0.2) is 78.9 Å². The minimum atomic E-state index is -0.913. The maximum Gasteiger partial charge on any atom is 0.335 e. The van der Waals surface area contributed by atoms with Gasteiger partial charge in [-0.3, -0.25) is 4.79 Å². The van der Waals surface area contributed by atoms with Crippen molar-refractivity contribution >= 4 is 11.8 Å². The molecule has 3 aromatic rings. The fraction of sp³-hybridized carbons (Fsp3) is 0.394. The lowest BCUT2D eigenvalue weighted by Gasteiger charge is -2.11. The summed E-state index contributed by atoms with van der Waals surface area (Å²) in [5, 5.41) is 8.69. The molecule has 2 unspecified atom stereocenters. The highest BCUT2D eigenvalue weighted by molar-refractivity contribution is 5.98. The first kappa shape index (κ1) is 29.8. The molecule has 0 spiro atoms. The second-order valence-electron chi connectivity index (χ2n) is 9.71. The molecule has 0 saturated carbocycles. The summed E-state index contributed by atoms with van der Waals surface area (Å²) in [6.07, 6.45) is 6.98. The maximum atomic E-state index is 12.5. The molecule has 37 heavy (non-hydrogen) atoms.